The fraction of sp³-hybridized carbons (Fsp3) is 0.696. The molecule has 32 nitrogen and oxygen atoms in total. The van der Waals surface area contributed by atoms with Crippen LogP contribution in [0.25, 0.3) is 0 Å². The number of hydrogen-bond donors (Lipinski definition) is 7. The molecule has 0 aromatic carbocycles. The zero-order valence-corrected chi connectivity index (χ0v) is 72.4. The first-order valence-corrected chi connectivity index (χ1v) is 37.8. The second-order valence-electron chi connectivity index (χ2n) is 32.6. The standard InChI is InChI=1S/C23H34N2O7.C20H30N2O5.C16H28N2O5.C12H17NO4.C7H11NO.CO2.ClH.Na.H/c1-8-15-18-19(31-23(6,7)30-18)17(25(15)21(28)32-22(3,4)5)13-10-12(20(27)29-9-2)14(24)11-16(13)26;1-7-13-16-17(26-20(5,6)25-16)15(12-9-8-11(21)10-14(12)23)22(13)18(24)27-19(2,3)4;1-7-9-12-13(22-16(5,6)21-12)10(8-11(17)19)18(9)14(20)23-15(2,3)4;13-7-1-2-8(10(15)4-7)9-3-6(5-14)11(16)12(9)17;1-3-7(5-8)6-9-4-2;2-1-3;;;/h10,15,17-19H,8-9,11,24H2,1-7H3;8-9,13,15-17H,7,10,21H2,1-6H3;9-10,12-13H,7-8H2,1-6H3,(H2,17,19);1-2,6,9,11-12,14,16-17H,3-5,13H2;6H,3-4H2,1-2H3;;1H;;/q;;;;;;;+1;-1/b;;;;7-6-;;;;/t15-,17?,18-,19+;13-,15?,16-,17+;9-,10?,12-,13+;6-,9?,11-,12+;;;;;/m1111...../s1. The first-order chi connectivity index (χ1) is 51.5. The van der Waals surface area contributed by atoms with Crippen molar-refractivity contribution in [1.29, 1.82) is 5.26 Å². The molecule has 11 N–H and O–H groups in total. The predicted molar refractivity (Wildman–Crippen MR) is 408 cm³/mol. The molecule has 0 aromatic rings. The van der Waals surface area contributed by atoms with Crippen LogP contribution in [-0.2, 0) is 85.7 Å². The van der Waals surface area contributed by atoms with Crippen molar-refractivity contribution in [2.75, 3.05) is 19.8 Å². The van der Waals surface area contributed by atoms with Gasteiger partial charge in [-0.15, -0.1) is 12.4 Å². The molecule has 34 heteroatoms. The molecular formula is C79H122ClN8NaO24. The number of aliphatic hydroxyl groups is 3. The molecule has 6 aliphatic heterocycles. The number of aliphatic hydroxyl groups excluding tert-OH is 3. The Balaban J connectivity index is 0.000000495. The Hall–Kier alpha value is -7.06. The van der Waals surface area contributed by atoms with E-state index in [-0.39, 0.29) is 165 Å². The number of ether oxygens (including phenoxy) is 11. The van der Waals surface area contributed by atoms with E-state index in [0.29, 0.717) is 60.4 Å². The van der Waals surface area contributed by atoms with E-state index in [4.69, 9.17) is 95.0 Å². The van der Waals surface area contributed by atoms with Crippen LogP contribution < -0.4 is 52.5 Å². The molecule has 113 heavy (non-hydrogen) atoms. The molecule has 6 heterocycles. The minimum Gasteiger partial charge on any atom is -1.00 e. The van der Waals surface area contributed by atoms with Gasteiger partial charge in [0.15, 0.2) is 34.7 Å². The van der Waals surface area contributed by atoms with Gasteiger partial charge in [0.1, 0.15) is 53.4 Å². The zero-order chi connectivity index (χ0) is 84.1. The van der Waals surface area contributed by atoms with Gasteiger partial charge in [-0.05, 0) is 168 Å². The molecule has 4 unspecified atom stereocenters. The summed E-state index contributed by atoms with van der Waals surface area (Å²) in [4.78, 5) is 122. The molecule has 0 bridgehead atoms. The van der Waals surface area contributed by atoms with Crippen LogP contribution in [0.2, 0.25) is 0 Å². The second kappa shape index (κ2) is 41.7. The van der Waals surface area contributed by atoms with Crippen LogP contribution in [0.5, 0.6) is 0 Å². The molecule has 630 valence electrons. The summed E-state index contributed by atoms with van der Waals surface area (Å²) >= 11 is 0. The van der Waals surface area contributed by atoms with Crippen LogP contribution in [0.1, 0.15) is 205 Å². The van der Waals surface area contributed by atoms with Crippen LogP contribution in [0, 0.1) is 23.2 Å². The van der Waals surface area contributed by atoms with Crippen molar-refractivity contribution < 1.29 is 146 Å². The van der Waals surface area contributed by atoms with Crippen molar-refractivity contribution in [3.63, 3.8) is 0 Å². The Morgan fingerprint density at radius 2 is 0.956 bits per heavy atom. The number of nitrogens with zero attached hydrogens (tertiary/aromatic N) is 4. The van der Waals surface area contributed by atoms with Gasteiger partial charge in [0.05, 0.1) is 104 Å². The predicted octanol–water partition coefficient (Wildman–Crippen LogP) is 4.88. The first kappa shape index (κ1) is 100. The number of amides is 4. The maximum Gasteiger partial charge on any atom is 1.00 e. The van der Waals surface area contributed by atoms with Crippen molar-refractivity contribution in [3.8, 4) is 6.07 Å². The average molecular weight is 1630 g/mol. The molecule has 7 fully saturated rings. The van der Waals surface area contributed by atoms with E-state index in [1.165, 1.54) is 17.2 Å². The van der Waals surface area contributed by atoms with E-state index in [1.807, 2.05) is 110 Å². The molecule has 4 amide bonds. The van der Waals surface area contributed by atoms with Crippen molar-refractivity contribution in [3.05, 3.63) is 81.6 Å². The molecule has 0 radical (unpaired) electrons. The Labute approximate surface area is 693 Å². The number of carbonyl (C=O) groups is 8. The van der Waals surface area contributed by atoms with Gasteiger partial charge in [-0.1, -0.05) is 39.8 Å². The van der Waals surface area contributed by atoms with E-state index < -0.39 is 119 Å². The summed E-state index contributed by atoms with van der Waals surface area (Å²) in [5.41, 5.74) is 24.0. The summed E-state index contributed by atoms with van der Waals surface area (Å²) in [7, 11) is 0. The normalized spacial score (nSPS) is 29.5. The number of fused-ring (bicyclic) bond motifs is 3. The number of primary amides is 1. The Bertz CT molecular complexity index is 3710. The van der Waals surface area contributed by atoms with Crippen LogP contribution in [0.15, 0.2) is 81.6 Å². The third kappa shape index (κ3) is 26.0. The van der Waals surface area contributed by atoms with E-state index in [2.05, 4.69) is 0 Å². The van der Waals surface area contributed by atoms with E-state index in [9.17, 15) is 48.6 Å². The molecule has 10 aliphatic rings. The fourth-order valence-corrected chi connectivity index (χ4v) is 15.0. The number of esters is 1. The summed E-state index contributed by atoms with van der Waals surface area (Å²) in [5, 5.41) is 37.0. The van der Waals surface area contributed by atoms with Crippen LogP contribution in [0.4, 0.5) is 14.4 Å². The van der Waals surface area contributed by atoms with Gasteiger partial charge < -0.3 is 91.8 Å². The molecule has 16 atom stereocenters. The molecule has 10 rings (SSSR count). The van der Waals surface area contributed by atoms with E-state index in [1.54, 1.807) is 75.6 Å². The minimum atomic E-state index is -0.991. The largest absolute Gasteiger partial charge is 1.00 e. The van der Waals surface area contributed by atoms with Crippen molar-refractivity contribution in [2.24, 2.45) is 34.8 Å². The molecule has 0 spiro atoms. The number of nitriles is 1. The number of halogens is 1. The van der Waals surface area contributed by atoms with Gasteiger partial charge in [0.25, 0.3) is 0 Å². The first-order valence-electron chi connectivity index (χ1n) is 37.8. The van der Waals surface area contributed by atoms with E-state index >= 15 is 0 Å². The van der Waals surface area contributed by atoms with Crippen LogP contribution in [0.3, 0.4) is 0 Å². The molecular weight excluding hydrogens is 1500 g/mol. The van der Waals surface area contributed by atoms with Crippen molar-refractivity contribution in [2.45, 2.75) is 322 Å². The fourth-order valence-electron chi connectivity index (χ4n) is 15.0. The van der Waals surface area contributed by atoms with Crippen LogP contribution >= 0.6 is 12.4 Å². The zero-order valence-electron chi connectivity index (χ0n) is 70.6. The quantitative estimate of drug-likeness (QED) is 0.0400. The monoisotopic (exact) mass is 1620 g/mol. The summed E-state index contributed by atoms with van der Waals surface area (Å²) in [6, 6.07) is -0.618. The van der Waals surface area contributed by atoms with Gasteiger partial charge in [-0.25, -0.2) is 19.2 Å². The van der Waals surface area contributed by atoms with Gasteiger partial charge in [0, 0.05) is 58.7 Å². The Morgan fingerprint density at radius 3 is 1.31 bits per heavy atom. The molecule has 1 saturated carbocycles. The van der Waals surface area contributed by atoms with Gasteiger partial charge in [-0.2, -0.15) is 14.9 Å². The number of ketones is 3. The molecule has 4 aliphatic carbocycles. The number of allylic oxidation sites excluding steroid dienone is 8. The van der Waals surface area contributed by atoms with Crippen molar-refractivity contribution >= 4 is 66.1 Å². The number of likely N-dealkylation sites (tertiary alicyclic amines) is 3. The Kier molecular flexibility index (Phi) is 36.9. The van der Waals surface area contributed by atoms with Gasteiger partial charge in [-0.3, -0.25) is 33.9 Å². The summed E-state index contributed by atoms with van der Waals surface area (Å²) in [5.74, 6) is -4.73. The minimum absolute atomic E-state index is 0. The summed E-state index contributed by atoms with van der Waals surface area (Å²) in [6.45, 7) is 39.2. The number of nitrogens with two attached hydrogens (primary N) is 4. The van der Waals surface area contributed by atoms with Gasteiger partial charge in [0.2, 0.25) is 5.91 Å². The maximum atomic E-state index is 13.3. The van der Waals surface area contributed by atoms with Gasteiger partial charge >= 0.3 is 60.0 Å². The van der Waals surface area contributed by atoms with Crippen LogP contribution in [-0.4, -0.2) is 223 Å². The molecule has 0 aromatic heterocycles. The number of Topliss-reactive ketones (excluding diaryl/α,β-unsaturated/α-hetero) is 3. The topological polar surface area (TPSA) is 471 Å². The maximum absolute atomic E-state index is 13.3. The third-order valence-electron chi connectivity index (χ3n) is 19.3. The van der Waals surface area contributed by atoms with Crippen molar-refractivity contribution in [1.82, 2.24) is 14.7 Å². The third-order valence-corrected chi connectivity index (χ3v) is 19.3. The molecule has 6 saturated heterocycles. The number of hydrogen-bond acceptors (Lipinski definition) is 28. The Morgan fingerprint density at radius 1 is 0.584 bits per heavy atom. The average Bonchev–Trinajstić information content (AvgIpc) is 1.58. The smallest absolute Gasteiger partial charge is 1.00 e. The summed E-state index contributed by atoms with van der Waals surface area (Å²) in [6.07, 6.45) is 7.24. The number of carbonyl (C=O) groups excluding carboxylic acids is 10. The summed E-state index contributed by atoms with van der Waals surface area (Å²) < 4.78 is 63.3. The van der Waals surface area contributed by atoms with E-state index in [0.717, 1.165) is 6.42 Å². The SMILES string of the molecule is CCO/C=C(\C#N)CC.CCOC(=O)C1=C(N)CC(=O)C(C2[C@@H]3OC(C)(C)O[C@@H]3[C@@H](CC)N2C(=O)OC(C)(C)C)=C1.CC[C@@H]1[C@H]2OC(C)(C)O[C@H]2C(C2=CC=C(N)CC2=O)N1C(=O)OC(C)(C)C.CC[C@@H]1[C@H]2OC(C)(C)O[C@H]2C(CC(N)=O)N1C(=O)OC(C)(C)C.Cl.NC1=CC=C(C2C[C@H](CO)[C@@H](O)[C@H]2O)C(=O)C1.O=C=O.[H-].[Na+]. The number of rotatable bonds is 14. The second-order valence-corrected chi connectivity index (χ2v) is 32.6.